The molecule has 14 nitrogen and oxygen atoms in total. The van der Waals surface area contributed by atoms with E-state index in [1.807, 2.05) is 32.0 Å². The summed E-state index contributed by atoms with van der Waals surface area (Å²) in [6, 6.07) is 9.08. The summed E-state index contributed by atoms with van der Waals surface area (Å²) in [5.74, 6) is -0.00799. The van der Waals surface area contributed by atoms with Crippen molar-refractivity contribution in [1.29, 1.82) is 0 Å². The van der Waals surface area contributed by atoms with Gasteiger partial charge in [-0.25, -0.2) is 22.8 Å². The number of piperidine rings is 1. The first-order valence-electron chi connectivity index (χ1n) is 13.0. The summed E-state index contributed by atoms with van der Waals surface area (Å²) >= 11 is 0. The summed E-state index contributed by atoms with van der Waals surface area (Å²) in [7, 11) is -1.30. The Morgan fingerprint density at radius 3 is 2.26 bits per heavy atom. The Morgan fingerprint density at radius 2 is 1.64 bits per heavy atom. The van der Waals surface area contributed by atoms with E-state index in [1.54, 1.807) is 17.0 Å². The summed E-state index contributed by atoms with van der Waals surface area (Å²) in [6.45, 7) is 4.09. The number of nitrogens with one attached hydrogen (secondary N) is 1. The van der Waals surface area contributed by atoms with Gasteiger partial charge >= 0.3 is 0 Å². The molecule has 1 N–H and O–H groups in total. The van der Waals surface area contributed by atoms with E-state index in [4.69, 9.17) is 14.2 Å². The normalized spacial score (nSPS) is 17.3. The topological polar surface area (TPSA) is 159 Å². The van der Waals surface area contributed by atoms with Crippen LogP contribution in [0.25, 0.3) is 17.1 Å². The number of sulfonamides is 1. The zero-order valence-electron chi connectivity index (χ0n) is 23.4. The first-order chi connectivity index (χ1) is 20.2. The molecule has 3 aromatic heterocycles. The fourth-order valence-corrected chi connectivity index (χ4v) is 6.13. The zero-order valence-corrected chi connectivity index (χ0v) is 24.2. The highest BCUT2D eigenvalue weighted by molar-refractivity contribution is 7.93. The van der Waals surface area contributed by atoms with E-state index in [-0.39, 0.29) is 48.4 Å². The van der Waals surface area contributed by atoms with Crippen LogP contribution >= 0.6 is 0 Å². The smallest absolute Gasteiger partial charge is 0.245 e. The molecule has 1 aliphatic heterocycles. The molecule has 0 radical (unpaired) electrons. The van der Waals surface area contributed by atoms with Gasteiger partial charge in [-0.2, -0.15) is 9.97 Å². The largest absolute Gasteiger partial charge is 0.479 e. The second-order valence-electron chi connectivity index (χ2n) is 9.71. The lowest BCUT2D eigenvalue weighted by atomic mass is 10.1. The van der Waals surface area contributed by atoms with Crippen LogP contribution in [0.2, 0.25) is 0 Å². The quantitative estimate of drug-likeness (QED) is 0.284. The molecule has 42 heavy (non-hydrogen) atoms. The lowest BCUT2D eigenvalue weighted by molar-refractivity contribution is 0.00147. The van der Waals surface area contributed by atoms with E-state index in [9.17, 15) is 12.8 Å². The van der Waals surface area contributed by atoms with Crippen LogP contribution < -0.4 is 19.1 Å². The highest BCUT2D eigenvalue weighted by Crippen LogP contribution is 2.35. The van der Waals surface area contributed by atoms with Crippen LogP contribution in [0.4, 0.5) is 16.3 Å². The van der Waals surface area contributed by atoms with Crippen molar-refractivity contribution in [3.05, 3.63) is 54.9 Å². The maximum atomic E-state index is 14.0. The number of rotatable bonds is 10. The number of halogens is 1. The molecule has 0 aliphatic carbocycles. The molecule has 4 heterocycles. The van der Waals surface area contributed by atoms with Gasteiger partial charge in [-0.1, -0.05) is 30.3 Å². The van der Waals surface area contributed by atoms with Crippen LogP contribution in [0.15, 0.2) is 49.1 Å². The second kappa shape index (κ2) is 12.2. The third-order valence-corrected chi connectivity index (χ3v) is 8.15. The third kappa shape index (κ3) is 6.08. The molecule has 2 unspecified atom stereocenters. The van der Waals surface area contributed by atoms with Crippen molar-refractivity contribution in [3.63, 3.8) is 0 Å². The van der Waals surface area contributed by atoms with Gasteiger partial charge in [0.25, 0.3) is 0 Å². The zero-order chi connectivity index (χ0) is 29.9. The van der Waals surface area contributed by atoms with Gasteiger partial charge in [-0.15, -0.1) is 10.2 Å². The molecule has 5 rings (SSSR count). The SMILES string of the molecule is COc1ncnc(OC)c1-n1c(NS(=O)(=O)C2CC(OC(C)C)CN(c3ncc(F)cn3)C2)nnc1-c1ccccc1. The Balaban J connectivity index is 1.56. The molecule has 1 saturated heterocycles. The number of hydrogen-bond donors (Lipinski definition) is 1. The third-order valence-electron chi connectivity index (χ3n) is 6.46. The molecule has 1 fully saturated rings. The van der Waals surface area contributed by atoms with E-state index < -0.39 is 27.2 Å². The van der Waals surface area contributed by atoms with Crippen LogP contribution in [0.1, 0.15) is 20.3 Å². The first kappa shape index (κ1) is 29.1. The second-order valence-corrected chi connectivity index (χ2v) is 11.7. The summed E-state index contributed by atoms with van der Waals surface area (Å²) < 4.78 is 62.5. The molecule has 0 amide bonds. The lowest BCUT2D eigenvalue weighted by Gasteiger charge is -2.37. The summed E-state index contributed by atoms with van der Waals surface area (Å²) in [5, 5.41) is 7.51. The molecular weight excluding hydrogens is 569 g/mol. The van der Waals surface area contributed by atoms with E-state index in [1.165, 1.54) is 25.1 Å². The molecule has 2 atom stereocenters. The van der Waals surface area contributed by atoms with Crippen molar-refractivity contribution in [3.8, 4) is 28.8 Å². The molecule has 222 valence electrons. The van der Waals surface area contributed by atoms with E-state index >= 15 is 0 Å². The predicted molar refractivity (Wildman–Crippen MR) is 151 cm³/mol. The molecule has 1 aromatic carbocycles. The average Bonchev–Trinajstić information content (AvgIpc) is 3.39. The van der Waals surface area contributed by atoms with Crippen LogP contribution in [0.5, 0.6) is 11.8 Å². The molecule has 16 heteroatoms. The standard InChI is InChI=1S/C26H30FN9O5S/c1-16(2)41-19-10-20(14-35(13-19)25-28-11-18(27)12-29-25)42(37,38)34-26-33-32-22(17-8-6-5-7-9-17)36(26)21-23(39-3)30-15-31-24(21)40-4/h5-9,11-12,15-16,19-20H,10,13-14H2,1-4H3,(H,33,34). The van der Waals surface area contributed by atoms with Crippen LogP contribution in [-0.2, 0) is 14.8 Å². The lowest BCUT2D eigenvalue weighted by Crippen LogP contribution is -2.51. The molecular formula is C26H30FN9O5S. The van der Waals surface area contributed by atoms with Crippen molar-refractivity contribution >= 4 is 21.9 Å². The molecule has 4 aromatic rings. The minimum absolute atomic E-state index is 0.0275. The fraction of sp³-hybridized carbons (Fsp3) is 0.385. The van der Waals surface area contributed by atoms with Crippen molar-refractivity contribution in [2.75, 3.05) is 36.9 Å². The van der Waals surface area contributed by atoms with Gasteiger partial charge in [0.2, 0.25) is 33.7 Å². The first-order valence-corrected chi connectivity index (χ1v) is 14.6. The Kier molecular flexibility index (Phi) is 8.44. The average molecular weight is 600 g/mol. The predicted octanol–water partition coefficient (Wildman–Crippen LogP) is 2.48. The molecule has 0 saturated carbocycles. The van der Waals surface area contributed by atoms with Crippen LogP contribution in [-0.4, -0.2) is 87.9 Å². The summed E-state index contributed by atoms with van der Waals surface area (Å²) in [5.41, 5.74) is 0.848. The number of anilines is 2. The van der Waals surface area contributed by atoms with Crippen molar-refractivity contribution in [2.24, 2.45) is 0 Å². The van der Waals surface area contributed by atoms with Gasteiger partial charge in [-0.3, -0.25) is 9.29 Å². The van der Waals surface area contributed by atoms with E-state index in [0.29, 0.717) is 17.9 Å². The molecule has 1 aliphatic rings. The Hall–Kier alpha value is -4.44. The fourth-order valence-electron chi connectivity index (χ4n) is 4.73. The highest BCUT2D eigenvalue weighted by atomic mass is 32.2. The Morgan fingerprint density at radius 1 is 0.976 bits per heavy atom. The maximum Gasteiger partial charge on any atom is 0.245 e. The van der Waals surface area contributed by atoms with Gasteiger partial charge in [0.1, 0.15) is 11.6 Å². The van der Waals surface area contributed by atoms with Crippen molar-refractivity contribution in [1.82, 2.24) is 34.7 Å². The van der Waals surface area contributed by atoms with Gasteiger partial charge in [0.15, 0.2) is 17.3 Å². The van der Waals surface area contributed by atoms with Crippen LogP contribution in [0.3, 0.4) is 0 Å². The Labute approximate surface area is 242 Å². The highest BCUT2D eigenvalue weighted by Gasteiger charge is 2.39. The number of methoxy groups -OCH3 is 2. The minimum atomic E-state index is -4.14. The van der Waals surface area contributed by atoms with Gasteiger partial charge in [-0.05, 0) is 20.3 Å². The Bertz CT molecular complexity index is 1600. The summed E-state index contributed by atoms with van der Waals surface area (Å²) in [6.07, 6.45) is 2.90. The monoisotopic (exact) mass is 599 g/mol. The van der Waals surface area contributed by atoms with Crippen LogP contribution in [0, 0.1) is 5.82 Å². The van der Waals surface area contributed by atoms with Gasteiger partial charge < -0.3 is 19.1 Å². The van der Waals surface area contributed by atoms with E-state index in [0.717, 1.165) is 12.4 Å². The number of aromatic nitrogens is 7. The molecule has 0 spiro atoms. The van der Waals surface area contributed by atoms with Crippen molar-refractivity contribution in [2.45, 2.75) is 37.7 Å². The minimum Gasteiger partial charge on any atom is -0.479 e. The summed E-state index contributed by atoms with van der Waals surface area (Å²) in [4.78, 5) is 18.1. The molecule has 0 bridgehead atoms. The van der Waals surface area contributed by atoms with Gasteiger partial charge in [0.05, 0.1) is 38.8 Å². The number of ether oxygens (including phenoxy) is 3. The van der Waals surface area contributed by atoms with E-state index in [2.05, 4.69) is 34.9 Å². The van der Waals surface area contributed by atoms with Gasteiger partial charge in [0, 0.05) is 18.7 Å². The van der Waals surface area contributed by atoms with Crippen molar-refractivity contribution < 1.29 is 27.0 Å². The number of nitrogens with zero attached hydrogens (tertiary/aromatic N) is 8. The number of benzene rings is 1. The maximum absolute atomic E-state index is 14.0. The number of hydrogen-bond acceptors (Lipinski definition) is 12.